The monoisotopic (exact) mass is 285 g/mol. The quantitative estimate of drug-likeness (QED) is 0.754. The van der Waals surface area contributed by atoms with E-state index >= 15 is 0 Å². The highest BCUT2D eigenvalue weighted by Gasteiger charge is 2.02. The van der Waals surface area contributed by atoms with Crippen molar-refractivity contribution < 1.29 is 0 Å². The summed E-state index contributed by atoms with van der Waals surface area (Å²) in [5.74, 6) is 0.546. The van der Waals surface area contributed by atoms with Gasteiger partial charge in [0, 0.05) is 8.96 Å². The van der Waals surface area contributed by atoms with Crippen LogP contribution in [0.4, 0.5) is 5.82 Å². The van der Waals surface area contributed by atoms with Crippen LogP contribution in [0.1, 0.15) is 5.56 Å². The molecule has 1 heterocycles. The van der Waals surface area contributed by atoms with E-state index in [1.165, 1.54) is 15.5 Å². The first kappa shape index (κ1) is 8.68. The second kappa shape index (κ2) is 3.10. The Kier molecular flexibility index (Phi) is 2.07. The molecular weight excluding hydrogens is 277 g/mol. The van der Waals surface area contributed by atoms with Crippen LogP contribution in [-0.2, 0) is 0 Å². The number of nitrogens with zero attached hydrogens (tertiary/aromatic N) is 2. The summed E-state index contributed by atoms with van der Waals surface area (Å²) < 4.78 is 1.20. The molecule has 0 radical (unpaired) electrons. The first-order valence-electron chi connectivity index (χ1n) is 3.85. The van der Waals surface area contributed by atoms with Crippen molar-refractivity contribution in [1.82, 2.24) is 9.97 Å². The Bertz CT molecular complexity index is 468. The number of halogens is 1. The predicted molar refractivity (Wildman–Crippen MR) is 61.4 cm³/mol. The number of hydrogen-bond acceptors (Lipinski definition) is 3. The molecule has 13 heavy (non-hydrogen) atoms. The smallest absolute Gasteiger partial charge is 0.134 e. The van der Waals surface area contributed by atoms with E-state index in [-0.39, 0.29) is 0 Å². The Hall–Kier alpha value is -0.910. The molecule has 1 aromatic carbocycles. The number of benzene rings is 1. The molecule has 0 aliphatic heterocycles. The van der Waals surface area contributed by atoms with Gasteiger partial charge in [0.05, 0.1) is 5.52 Å². The summed E-state index contributed by atoms with van der Waals surface area (Å²) >= 11 is 2.28. The minimum atomic E-state index is 0.546. The number of nitrogens with two attached hydrogens (primary N) is 1. The summed E-state index contributed by atoms with van der Waals surface area (Å²) in [4.78, 5) is 8.09. The SMILES string of the molecule is Cc1cc2c(N)ncnc2cc1I. The lowest BCUT2D eigenvalue weighted by Gasteiger charge is -2.02. The molecule has 0 aliphatic carbocycles. The Morgan fingerprint density at radius 2 is 2.08 bits per heavy atom. The summed E-state index contributed by atoms with van der Waals surface area (Å²) in [6.07, 6.45) is 1.49. The van der Waals surface area contributed by atoms with Crippen LogP contribution in [-0.4, -0.2) is 9.97 Å². The molecule has 4 heteroatoms. The number of fused-ring (bicyclic) bond motifs is 1. The Balaban J connectivity index is 2.89. The van der Waals surface area contributed by atoms with E-state index in [1.54, 1.807) is 0 Å². The number of aryl methyl sites for hydroxylation is 1. The van der Waals surface area contributed by atoms with Crippen molar-refractivity contribution in [1.29, 1.82) is 0 Å². The first-order valence-corrected chi connectivity index (χ1v) is 4.92. The van der Waals surface area contributed by atoms with E-state index in [0.717, 1.165) is 10.9 Å². The number of nitrogen functional groups attached to an aromatic ring is 1. The van der Waals surface area contributed by atoms with Gasteiger partial charge in [0.15, 0.2) is 0 Å². The molecule has 0 unspecified atom stereocenters. The molecule has 2 N–H and O–H groups in total. The lowest BCUT2D eigenvalue weighted by molar-refractivity contribution is 1.22. The van der Waals surface area contributed by atoms with Gasteiger partial charge in [-0.1, -0.05) is 0 Å². The molecule has 0 spiro atoms. The molecule has 0 atom stereocenters. The fraction of sp³-hybridized carbons (Fsp3) is 0.111. The molecule has 3 nitrogen and oxygen atoms in total. The van der Waals surface area contributed by atoms with Gasteiger partial charge in [-0.25, -0.2) is 9.97 Å². The van der Waals surface area contributed by atoms with Gasteiger partial charge in [0.2, 0.25) is 0 Å². The normalized spacial score (nSPS) is 10.6. The van der Waals surface area contributed by atoms with Gasteiger partial charge in [-0.05, 0) is 47.2 Å². The third-order valence-corrected chi connectivity index (χ3v) is 3.11. The van der Waals surface area contributed by atoms with Crippen molar-refractivity contribution in [3.63, 3.8) is 0 Å². The van der Waals surface area contributed by atoms with Crippen molar-refractivity contribution in [2.24, 2.45) is 0 Å². The van der Waals surface area contributed by atoms with Crippen molar-refractivity contribution >= 4 is 39.3 Å². The lowest BCUT2D eigenvalue weighted by atomic mass is 10.1. The van der Waals surface area contributed by atoms with Crippen LogP contribution in [0, 0.1) is 10.5 Å². The van der Waals surface area contributed by atoms with Crippen molar-refractivity contribution in [3.05, 3.63) is 27.6 Å². The molecule has 2 aromatic rings. The average Bonchev–Trinajstić information content (AvgIpc) is 2.09. The van der Waals surface area contributed by atoms with E-state index in [9.17, 15) is 0 Å². The minimum absolute atomic E-state index is 0.546. The van der Waals surface area contributed by atoms with Crippen LogP contribution >= 0.6 is 22.6 Å². The van der Waals surface area contributed by atoms with Gasteiger partial charge in [-0.3, -0.25) is 0 Å². The summed E-state index contributed by atoms with van der Waals surface area (Å²) in [5.41, 5.74) is 7.83. The highest BCUT2D eigenvalue weighted by molar-refractivity contribution is 14.1. The molecule has 1 aromatic heterocycles. The lowest BCUT2D eigenvalue weighted by Crippen LogP contribution is -1.94. The van der Waals surface area contributed by atoms with Gasteiger partial charge >= 0.3 is 0 Å². The molecule has 0 saturated carbocycles. The van der Waals surface area contributed by atoms with Gasteiger partial charge in [0.1, 0.15) is 12.1 Å². The maximum absolute atomic E-state index is 5.72. The Morgan fingerprint density at radius 3 is 2.85 bits per heavy atom. The standard InChI is InChI=1S/C9H8IN3/c1-5-2-6-8(3-7(5)10)12-4-13-9(6)11/h2-4H,1H3,(H2,11,12,13). The number of rotatable bonds is 0. The van der Waals surface area contributed by atoms with Crippen molar-refractivity contribution in [2.75, 3.05) is 5.73 Å². The largest absolute Gasteiger partial charge is 0.383 e. The average molecular weight is 285 g/mol. The minimum Gasteiger partial charge on any atom is -0.383 e. The molecule has 0 bridgehead atoms. The Labute approximate surface area is 89.5 Å². The van der Waals surface area contributed by atoms with Gasteiger partial charge < -0.3 is 5.73 Å². The Morgan fingerprint density at radius 1 is 1.31 bits per heavy atom. The zero-order valence-electron chi connectivity index (χ0n) is 7.08. The fourth-order valence-corrected chi connectivity index (χ4v) is 1.66. The van der Waals surface area contributed by atoms with E-state index in [0.29, 0.717) is 5.82 Å². The molecule has 0 aliphatic rings. The van der Waals surface area contributed by atoms with Crippen molar-refractivity contribution in [3.8, 4) is 0 Å². The third kappa shape index (κ3) is 1.46. The summed E-state index contributed by atoms with van der Waals surface area (Å²) in [7, 11) is 0. The zero-order chi connectivity index (χ0) is 9.42. The van der Waals surface area contributed by atoms with E-state index < -0.39 is 0 Å². The molecule has 0 fully saturated rings. The van der Waals surface area contributed by atoms with Gasteiger partial charge in [0.25, 0.3) is 0 Å². The maximum Gasteiger partial charge on any atom is 0.134 e. The second-order valence-corrected chi connectivity index (χ2v) is 4.04. The summed E-state index contributed by atoms with van der Waals surface area (Å²) in [6, 6.07) is 4.04. The van der Waals surface area contributed by atoms with Gasteiger partial charge in [-0.2, -0.15) is 0 Å². The first-order chi connectivity index (χ1) is 6.18. The summed E-state index contributed by atoms with van der Waals surface area (Å²) in [5, 5.41) is 0.931. The fourth-order valence-electron chi connectivity index (χ4n) is 1.21. The third-order valence-electron chi connectivity index (χ3n) is 1.95. The van der Waals surface area contributed by atoms with Gasteiger partial charge in [-0.15, -0.1) is 0 Å². The molecule has 2 rings (SSSR count). The van der Waals surface area contributed by atoms with Crippen LogP contribution in [0.3, 0.4) is 0 Å². The number of anilines is 1. The number of hydrogen-bond donors (Lipinski definition) is 1. The van der Waals surface area contributed by atoms with E-state index in [4.69, 9.17) is 5.73 Å². The summed E-state index contributed by atoms with van der Waals surface area (Å²) in [6.45, 7) is 2.05. The highest BCUT2D eigenvalue weighted by atomic mass is 127. The van der Waals surface area contributed by atoms with Crippen LogP contribution in [0.2, 0.25) is 0 Å². The molecule has 66 valence electrons. The van der Waals surface area contributed by atoms with Crippen molar-refractivity contribution in [2.45, 2.75) is 6.92 Å². The number of aromatic nitrogens is 2. The maximum atomic E-state index is 5.72. The molecular formula is C9H8IN3. The predicted octanol–water partition coefficient (Wildman–Crippen LogP) is 2.13. The molecule has 0 amide bonds. The highest BCUT2D eigenvalue weighted by Crippen LogP contribution is 2.22. The van der Waals surface area contributed by atoms with Crippen LogP contribution in [0.25, 0.3) is 10.9 Å². The van der Waals surface area contributed by atoms with Crippen LogP contribution in [0.5, 0.6) is 0 Å². The zero-order valence-corrected chi connectivity index (χ0v) is 9.24. The van der Waals surface area contributed by atoms with E-state index in [2.05, 4.69) is 32.6 Å². The van der Waals surface area contributed by atoms with Crippen LogP contribution < -0.4 is 5.73 Å². The molecule has 0 saturated heterocycles. The van der Waals surface area contributed by atoms with E-state index in [1.807, 2.05) is 19.1 Å². The topological polar surface area (TPSA) is 51.8 Å². The second-order valence-electron chi connectivity index (χ2n) is 2.88. The van der Waals surface area contributed by atoms with Crippen LogP contribution in [0.15, 0.2) is 18.5 Å².